The predicted octanol–water partition coefficient (Wildman–Crippen LogP) is 1.62. The van der Waals surface area contributed by atoms with Gasteiger partial charge in [0.25, 0.3) is 0 Å². The zero-order chi connectivity index (χ0) is 11.4. The van der Waals surface area contributed by atoms with E-state index in [1.54, 1.807) is 0 Å². The van der Waals surface area contributed by atoms with Crippen LogP contribution in [0.25, 0.3) is 0 Å². The molecule has 0 spiro atoms. The molecule has 0 saturated carbocycles. The van der Waals surface area contributed by atoms with Gasteiger partial charge in [-0.2, -0.15) is 0 Å². The van der Waals surface area contributed by atoms with Gasteiger partial charge in [-0.05, 0) is 5.56 Å². The molecule has 2 rings (SSSR count). The molecule has 0 bridgehead atoms. The average Bonchev–Trinajstić information content (AvgIpc) is 2.76. The van der Waals surface area contributed by atoms with E-state index in [2.05, 4.69) is 29.6 Å². The van der Waals surface area contributed by atoms with Crippen molar-refractivity contribution in [3.63, 3.8) is 0 Å². The van der Waals surface area contributed by atoms with Gasteiger partial charge in [-0.15, -0.1) is 5.48 Å². The van der Waals surface area contributed by atoms with Crippen molar-refractivity contribution in [1.82, 2.24) is 10.8 Å². The van der Waals surface area contributed by atoms with Crippen LogP contribution in [0.3, 0.4) is 0 Å². The average molecular weight is 219 g/mol. The van der Waals surface area contributed by atoms with Crippen LogP contribution in [0.4, 0.5) is 0 Å². The molecule has 1 unspecified atom stereocenters. The SMILES string of the molecule is CC(C)NCC1=NC(c2ccccc2)NO1. The molecule has 1 aromatic rings. The molecule has 1 atom stereocenters. The molecular weight excluding hydrogens is 202 g/mol. The first-order chi connectivity index (χ1) is 7.75. The summed E-state index contributed by atoms with van der Waals surface area (Å²) in [7, 11) is 0. The summed E-state index contributed by atoms with van der Waals surface area (Å²) in [6.07, 6.45) is -0.0786. The lowest BCUT2D eigenvalue weighted by Crippen LogP contribution is -2.30. The van der Waals surface area contributed by atoms with E-state index < -0.39 is 0 Å². The molecule has 1 aromatic carbocycles. The van der Waals surface area contributed by atoms with Crippen molar-refractivity contribution in [2.24, 2.45) is 4.99 Å². The number of hydrogen-bond donors (Lipinski definition) is 2. The normalized spacial score (nSPS) is 19.7. The summed E-state index contributed by atoms with van der Waals surface area (Å²) in [5.41, 5.74) is 4.02. The van der Waals surface area contributed by atoms with E-state index in [1.807, 2.05) is 30.3 Å². The number of rotatable bonds is 4. The van der Waals surface area contributed by atoms with Crippen LogP contribution in [-0.2, 0) is 4.84 Å². The number of aliphatic imine (C=N–C) groups is 1. The molecule has 4 nitrogen and oxygen atoms in total. The fourth-order valence-electron chi connectivity index (χ4n) is 1.47. The fourth-order valence-corrected chi connectivity index (χ4v) is 1.47. The van der Waals surface area contributed by atoms with Crippen molar-refractivity contribution in [3.05, 3.63) is 35.9 Å². The molecular formula is C12H17N3O. The molecule has 0 saturated heterocycles. The first-order valence-electron chi connectivity index (χ1n) is 5.53. The van der Waals surface area contributed by atoms with Crippen molar-refractivity contribution < 1.29 is 4.84 Å². The van der Waals surface area contributed by atoms with Crippen molar-refractivity contribution in [2.45, 2.75) is 26.1 Å². The van der Waals surface area contributed by atoms with E-state index in [4.69, 9.17) is 4.84 Å². The third-order valence-corrected chi connectivity index (χ3v) is 2.34. The summed E-state index contributed by atoms with van der Waals surface area (Å²) < 4.78 is 0. The summed E-state index contributed by atoms with van der Waals surface area (Å²) in [6, 6.07) is 10.5. The predicted molar refractivity (Wildman–Crippen MR) is 64.0 cm³/mol. The number of nitrogens with one attached hydrogen (secondary N) is 2. The summed E-state index contributed by atoms with van der Waals surface area (Å²) in [6.45, 7) is 4.85. The maximum absolute atomic E-state index is 5.31. The Hall–Kier alpha value is -1.39. The maximum Gasteiger partial charge on any atom is 0.225 e. The highest BCUT2D eigenvalue weighted by Gasteiger charge is 2.19. The van der Waals surface area contributed by atoms with Gasteiger partial charge in [0.05, 0.1) is 6.54 Å². The van der Waals surface area contributed by atoms with Gasteiger partial charge in [0.1, 0.15) is 0 Å². The van der Waals surface area contributed by atoms with Crippen LogP contribution in [0.5, 0.6) is 0 Å². The molecule has 0 fully saturated rings. The van der Waals surface area contributed by atoms with Gasteiger partial charge in [0.2, 0.25) is 5.90 Å². The summed E-state index contributed by atoms with van der Waals surface area (Å²) >= 11 is 0. The molecule has 2 N–H and O–H groups in total. The van der Waals surface area contributed by atoms with Gasteiger partial charge in [0, 0.05) is 6.04 Å². The second-order valence-electron chi connectivity index (χ2n) is 4.09. The van der Waals surface area contributed by atoms with Crippen LogP contribution < -0.4 is 10.8 Å². The highest BCUT2D eigenvalue weighted by Crippen LogP contribution is 2.17. The van der Waals surface area contributed by atoms with Crippen LogP contribution in [0.15, 0.2) is 35.3 Å². The quantitative estimate of drug-likeness (QED) is 0.808. The Labute approximate surface area is 95.7 Å². The minimum Gasteiger partial charge on any atom is -0.390 e. The Bertz CT molecular complexity index is 362. The molecule has 1 heterocycles. The summed E-state index contributed by atoms with van der Waals surface area (Å²) in [5.74, 6) is 0.711. The molecule has 16 heavy (non-hydrogen) atoms. The molecule has 1 aliphatic heterocycles. The third kappa shape index (κ3) is 2.81. The lowest BCUT2D eigenvalue weighted by Gasteiger charge is -2.06. The second-order valence-corrected chi connectivity index (χ2v) is 4.09. The fraction of sp³-hybridized carbons (Fsp3) is 0.417. The molecule has 0 radical (unpaired) electrons. The van der Waals surface area contributed by atoms with Crippen LogP contribution in [-0.4, -0.2) is 18.5 Å². The molecule has 4 heteroatoms. The van der Waals surface area contributed by atoms with E-state index in [1.165, 1.54) is 0 Å². The van der Waals surface area contributed by atoms with Crippen LogP contribution in [0, 0.1) is 0 Å². The highest BCUT2D eigenvalue weighted by molar-refractivity contribution is 5.79. The molecule has 0 aliphatic carbocycles. The first-order valence-corrected chi connectivity index (χ1v) is 5.53. The Morgan fingerprint density at radius 1 is 1.38 bits per heavy atom. The molecule has 0 aromatic heterocycles. The van der Waals surface area contributed by atoms with Crippen molar-refractivity contribution in [2.75, 3.05) is 6.54 Å². The van der Waals surface area contributed by atoms with E-state index >= 15 is 0 Å². The smallest absolute Gasteiger partial charge is 0.225 e. The number of hydrogen-bond acceptors (Lipinski definition) is 4. The van der Waals surface area contributed by atoms with Gasteiger partial charge >= 0.3 is 0 Å². The van der Waals surface area contributed by atoms with Gasteiger partial charge in [-0.25, -0.2) is 4.99 Å². The van der Waals surface area contributed by atoms with Crippen molar-refractivity contribution >= 4 is 5.90 Å². The van der Waals surface area contributed by atoms with E-state index in [-0.39, 0.29) is 6.17 Å². The second kappa shape index (κ2) is 5.09. The monoisotopic (exact) mass is 219 g/mol. The lowest BCUT2D eigenvalue weighted by atomic mass is 10.2. The zero-order valence-corrected chi connectivity index (χ0v) is 9.60. The maximum atomic E-state index is 5.31. The Kier molecular flexibility index (Phi) is 3.54. The van der Waals surface area contributed by atoms with Crippen LogP contribution in [0.2, 0.25) is 0 Å². The molecule has 86 valence electrons. The van der Waals surface area contributed by atoms with E-state index in [9.17, 15) is 0 Å². The van der Waals surface area contributed by atoms with Gasteiger partial charge in [0.15, 0.2) is 6.17 Å². The Morgan fingerprint density at radius 2 is 2.12 bits per heavy atom. The number of nitrogens with zero attached hydrogens (tertiary/aromatic N) is 1. The number of hydroxylamine groups is 1. The van der Waals surface area contributed by atoms with Gasteiger partial charge in [-0.3, -0.25) is 0 Å². The first kappa shape index (κ1) is 11.1. The van der Waals surface area contributed by atoms with Gasteiger partial charge < -0.3 is 10.2 Å². The summed E-state index contributed by atoms with van der Waals surface area (Å²) in [5, 5.41) is 3.26. The lowest BCUT2D eigenvalue weighted by molar-refractivity contribution is 0.175. The Morgan fingerprint density at radius 3 is 2.81 bits per heavy atom. The van der Waals surface area contributed by atoms with E-state index in [0.29, 0.717) is 18.5 Å². The zero-order valence-electron chi connectivity index (χ0n) is 9.60. The van der Waals surface area contributed by atoms with Crippen LogP contribution in [0.1, 0.15) is 25.6 Å². The van der Waals surface area contributed by atoms with Crippen molar-refractivity contribution in [1.29, 1.82) is 0 Å². The minimum atomic E-state index is -0.0786. The molecule has 0 amide bonds. The third-order valence-electron chi connectivity index (χ3n) is 2.34. The largest absolute Gasteiger partial charge is 0.390 e. The minimum absolute atomic E-state index is 0.0786. The number of benzene rings is 1. The highest BCUT2D eigenvalue weighted by atomic mass is 16.7. The molecule has 1 aliphatic rings. The standard InChI is InChI=1S/C12H17N3O/c1-9(2)13-8-11-14-12(15-16-11)10-6-4-3-5-7-10/h3-7,9,12-13,15H,8H2,1-2H3. The van der Waals surface area contributed by atoms with E-state index in [0.717, 1.165) is 5.56 Å². The van der Waals surface area contributed by atoms with Crippen LogP contribution >= 0.6 is 0 Å². The Balaban J connectivity index is 1.95. The van der Waals surface area contributed by atoms with Gasteiger partial charge in [-0.1, -0.05) is 44.2 Å². The van der Waals surface area contributed by atoms with Crippen molar-refractivity contribution in [3.8, 4) is 0 Å². The summed E-state index contributed by atoms with van der Waals surface area (Å²) in [4.78, 5) is 9.76. The topological polar surface area (TPSA) is 45.7 Å².